The van der Waals surface area contributed by atoms with E-state index in [1.54, 1.807) is 11.3 Å². The fourth-order valence-corrected chi connectivity index (χ4v) is 3.06. The summed E-state index contributed by atoms with van der Waals surface area (Å²) in [6.07, 6.45) is 1.82. The maximum Gasteiger partial charge on any atom is 0.252 e. The predicted molar refractivity (Wildman–Crippen MR) is 81.8 cm³/mol. The summed E-state index contributed by atoms with van der Waals surface area (Å²) in [6.45, 7) is 3.93. The smallest absolute Gasteiger partial charge is 0.252 e. The highest BCUT2D eigenvalue weighted by molar-refractivity contribution is 9.08. The van der Waals surface area contributed by atoms with E-state index in [0.29, 0.717) is 10.9 Å². The first-order valence-corrected chi connectivity index (χ1v) is 7.92. The molecule has 2 aromatic rings. The summed E-state index contributed by atoms with van der Waals surface area (Å²) < 4.78 is 0. The molecular weight excluding hydrogens is 324 g/mol. The van der Waals surface area contributed by atoms with Crippen LogP contribution < -0.4 is 5.32 Å². The summed E-state index contributed by atoms with van der Waals surface area (Å²) in [4.78, 5) is 17.5. The Kier molecular flexibility index (Phi) is 4.71. The van der Waals surface area contributed by atoms with Crippen LogP contribution >= 0.6 is 27.3 Å². The van der Waals surface area contributed by atoms with Crippen LogP contribution in [-0.2, 0) is 5.33 Å². The van der Waals surface area contributed by atoms with Crippen molar-refractivity contribution in [2.45, 2.75) is 25.2 Å². The third-order valence-electron chi connectivity index (χ3n) is 2.82. The van der Waals surface area contributed by atoms with Crippen LogP contribution in [0.25, 0.3) is 0 Å². The summed E-state index contributed by atoms with van der Waals surface area (Å²) in [5.74, 6) is -0.0476. The van der Waals surface area contributed by atoms with Gasteiger partial charge in [-0.15, -0.1) is 11.3 Å². The molecular formula is C14H15BrN2OS. The number of nitrogens with one attached hydrogen (secondary N) is 1. The fourth-order valence-electron chi connectivity index (χ4n) is 1.78. The lowest BCUT2D eigenvalue weighted by atomic mass is 10.1. The lowest BCUT2D eigenvalue weighted by molar-refractivity contribution is 0.0940. The third kappa shape index (κ3) is 3.42. The zero-order chi connectivity index (χ0) is 13.8. The molecule has 0 radical (unpaired) electrons. The SMILES string of the molecule is Cc1ncc(C(C)NC(=O)c2ccccc2CBr)s1. The molecule has 0 aliphatic heterocycles. The Morgan fingerprint density at radius 3 is 2.84 bits per heavy atom. The molecule has 1 amide bonds. The van der Waals surface area contributed by atoms with Gasteiger partial charge in [-0.2, -0.15) is 0 Å². The predicted octanol–water partition coefficient (Wildman–Crippen LogP) is 3.84. The van der Waals surface area contributed by atoms with E-state index in [4.69, 9.17) is 0 Å². The molecule has 1 heterocycles. The van der Waals surface area contributed by atoms with Crippen LogP contribution in [-0.4, -0.2) is 10.9 Å². The van der Waals surface area contributed by atoms with Gasteiger partial charge in [0.05, 0.1) is 11.0 Å². The summed E-state index contributed by atoms with van der Waals surface area (Å²) in [5.41, 5.74) is 1.71. The number of rotatable bonds is 4. The molecule has 1 N–H and O–H groups in total. The van der Waals surface area contributed by atoms with Crippen LogP contribution in [0.15, 0.2) is 30.5 Å². The molecule has 19 heavy (non-hydrogen) atoms. The lowest BCUT2D eigenvalue weighted by Gasteiger charge is -2.13. The lowest BCUT2D eigenvalue weighted by Crippen LogP contribution is -2.26. The number of nitrogens with zero attached hydrogens (tertiary/aromatic N) is 1. The van der Waals surface area contributed by atoms with Crippen molar-refractivity contribution in [2.75, 3.05) is 0 Å². The molecule has 5 heteroatoms. The third-order valence-corrected chi connectivity index (χ3v) is 4.52. The van der Waals surface area contributed by atoms with Crippen molar-refractivity contribution in [3.8, 4) is 0 Å². The Morgan fingerprint density at radius 1 is 1.47 bits per heavy atom. The molecule has 0 bridgehead atoms. The fraction of sp³-hybridized carbons (Fsp3) is 0.286. The van der Waals surface area contributed by atoms with E-state index in [1.165, 1.54) is 0 Å². The molecule has 0 aliphatic rings. The number of carbonyl (C=O) groups excluding carboxylic acids is 1. The molecule has 0 saturated heterocycles. The average Bonchev–Trinajstić information content (AvgIpc) is 2.85. The van der Waals surface area contributed by atoms with E-state index in [9.17, 15) is 4.79 Å². The van der Waals surface area contributed by atoms with Gasteiger partial charge in [0.2, 0.25) is 0 Å². The molecule has 1 atom stereocenters. The quantitative estimate of drug-likeness (QED) is 0.860. The number of aromatic nitrogens is 1. The van der Waals surface area contributed by atoms with Crippen molar-refractivity contribution in [2.24, 2.45) is 0 Å². The summed E-state index contributed by atoms with van der Waals surface area (Å²) >= 11 is 5.01. The van der Waals surface area contributed by atoms with Gasteiger partial charge in [0.25, 0.3) is 5.91 Å². The second-order valence-corrected chi connectivity index (χ2v) is 6.09. The maximum absolute atomic E-state index is 12.3. The van der Waals surface area contributed by atoms with Crippen molar-refractivity contribution in [1.29, 1.82) is 0 Å². The molecule has 0 fully saturated rings. The van der Waals surface area contributed by atoms with Crippen LogP contribution in [0.1, 0.15) is 38.8 Å². The zero-order valence-electron chi connectivity index (χ0n) is 10.8. The van der Waals surface area contributed by atoms with Crippen molar-refractivity contribution in [1.82, 2.24) is 10.3 Å². The topological polar surface area (TPSA) is 42.0 Å². The van der Waals surface area contributed by atoms with Gasteiger partial charge in [0, 0.05) is 22.0 Å². The normalized spacial score (nSPS) is 12.2. The molecule has 1 aromatic heterocycles. The van der Waals surface area contributed by atoms with Gasteiger partial charge in [-0.05, 0) is 25.5 Å². The first-order chi connectivity index (χ1) is 9.11. The van der Waals surface area contributed by atoms with Gasteiger partial charge in [0.15, 0.2) is 0 Å². The van der Waals surface area contributed by atoms with E-state index in [2.05, 4.69) is 26.2 Å². The van der Waals surface area contributed by atoms with Crippen LogP contribution in [0.4, 0.5) is 0 Å². The molecule has 3 nitrogen and oxygen atoms in total. The second-order valence-electron chi connectivity index (χ2n) is 4.27. The minimum atomic E-state index is -0.0476. The van der Waals surface area contributed by atoms with Crippen LogP contribution in [0.2, 0.25) is 0 Å². The number of hydrogen-bond donors (Lipinski definition) is 1. The number of thiazole rings is 1. The zero-order valence-corrected chi connectivity index (χ0v) is 13.2. The van der Waals surface area contributed by atoms with E-state index in [-0.39, 0.29) is 11.9 Å². The van der Waals surface area contributed by atoms with E-state index >= 15 is 0 Å². The maximum atomic E-state index is 12.3. The molecule has 0 aliphatic carbocycles. The monoisotopic (exact) mass is 338 g/mol. The van der Waals surface area contributed by atoms with Gasteiger partial charge in [-0.3, -0.25) is 4.79 Å². The Labute approximate surface area is 125 Å². The van der Waals surface area contributed by atoms with Crippen molar-refractivity contribution >= 4 is 33.2 Å². The Hall–Kier alpha value is -1.20. The van der Waals surface area contributed by atoms with E-state index in [0.717, 1.165) is 15.4 Å². The Bertz CT molecular complexity index is 582. The summed E-state index contributed by atoms with van der Waals surface area (Å²) in [6, 6.07) is 7.58. The molecule has 100 valence electrons. The number of hydrogen-bond acceptors (Lipinski definition) is 3. The highest BCUT2D eigenvalue weighted by atomic mass is 79.9. The number of alkyl halides is 1. The average molecular weight is 339 g/mol. The van der Waals surface area contributed by atoms with Crippen LogP contribution in [0.3, 0.4) is 0 Å². The summed E-state index contributed by atoms with van der Waals surface area (Å²) in [7, 11) is 0. The van der Waals surface area contributed by atoms with Crippen molar-refractivity contribution in [3.63, 3.8) is 0 Å². The van der Waals surface area contributed by atoms with Gasteiger partial charge in [0.1, 0.15) is 0 Å². The molecule has 2 rings (SSSR count). The highest BCUT2D eigenvalue weighted by Gasteiger charge is 2.15. The van der Waals surface area contributed by atoms with E-state index < -0.39 is 0 Å². The molecule has 1 unspecified atom stereocenters. The first kappa shape index (κ1) is 14.2. The van der Waals surface area contributed by atoms with Gasteiger partial charge >= 0.3 is 0 Å². The largest absolute Gasteiger partial charge is 0.345 e. The molecule has 0 spiro atoms. The molecule has 1 aromatic carbocycles. The number of aryl methyl sites for hydroxylation is 1. The van der Waals surface area contributed by atoms with Crippen molar-refractivity contribution in [3.05, 3.63) is 51.5 Å². The summed E-state index contributed by atoms with van der Waals surface area (Å²) in [5, 5.41) is 4.69. The number of amides is 1. The first-order valence-electron chi connectivity index (χ1n) is 5.99. The number of halogens is 1. The standard InChI is InChI=1S/C14H15BrN2OS/c1-9(13-8-16-10(2)19-13)17-14(18)12-6-4-3-5-11(12)7-15/h3-6,8-9H,7H2,1-2H3,(H,17,18). The second kappa shape index (κ2) is 6.30. The van der Waals surface area contributed by atoms with Crippen LogP contribution in [0.5, 0.6) is 0 Å². The number of benzene rings is 1. The van der Waals surface area contributed by atoms with Gasteiger partial charge < -0.3 is 5.32 Å². The van der Waals surface area contributed by atoms with Gasteiger partial charge in [-0.1, -0.05) is 34.1 Å². The Balaban J connectivity index is 2.12. The Morgan fingerprint density at radius 2 is 2.21 bits per heavy atom. The van der Waals surface area contributed by atoms with E-state index in [1.807, 2.05) is 44.3 Å². The minimum absolute atomic E-state index is 0.0259. The molecule has 0 saturated carbocycles. The number of carbonyl (C=O) groups is 1. The van der Waals surface area contributed by atoms with Gasteiger partial charge in [-0.25, -0.2) is 4.98 Å². The minimum Gasteiger partial charge on any atom is -0.345 e. The highest BCUT2D eigenvalue weighted by Crippen LogP contribution is 2.21. The van der Waals surface area contributed by atoms with Crippen molar-refractivity contribution < 1.29 is 4.79 Å². The van der Waals surface area contributed by atoms with Crippen LogP contribution in [0, 0.1) is 6.92 Å².